The summed E-state index contributed by atoms with van der Waals surface area (Å²) in [4.78, 5) is 0. The predicted octanol–water partition coefficient (Wildman–Crippen LogP) is -1.47. The van der Waals surface area contributed by atoms with Gasteiger partial charge in [-0.2, -0.15) is 0 Å². The third-order valence-electron chi connectivity index (χ3n) is 2.02. The van der Waals surface area contributed by atoms with Crippen LogP contribution in [0.4, 0.5) is 0 Å². The molecule has 0 aliphatic carbocycles. The monoisotopic (exact) mass is 143 g/mol. The van der Waals surface area contributed by atoms with Crippen molar-refractivity contribution in [2.24, 2.45) is 5.84 Å². The zero-order valence-corrected chi connectivity index (χ0v) is 5.92. The second-order valence-corrected chi connectivity index (χ2v) is 3.05. The molecule has 0 amide bonds. The van der Waals surface area contributed by atoms with Crippen LogP contribution in [0.25, 0.3) is 0 Å². The molecule has 4 nitrogen and oxygen atoms in total. The predicted molar refractivity (Wildman–Crippen MR) is 37.3 cm³/mol. The average molecular weight is 143 g/mol. The quantitative estimate of drug-likeness (QED) is 0.407. The van der Waals surface area contributed by atoms with Crippen molar-refractivity contribution in [1.29, 1.82) is 0 Å². The first-order valence-electron chi connectivity index (χ1n) is 3.68. The summed E-state index contributed by atoms with van der Waals surface area (Å²) in [5.74, 6) is 5.66. The van der Waals surface area contributed by atoms with Crippen LogP contribution in [0.15, 0.2) is 0 Å². The minimum absolute atomic E-state index is 0.456. The highest BCUT2D eigenvalue weighted by molar-refractivity contribution is 4.86. The summed E-state index contributed by atoms with van der Waals surface area (Å²) >= 11 is 0. The molecule has 2 fully saturated rings. The van der Waals surface area contributed by atoms with Crippen molar-refractivity contribution in [2.75, 3.05) is 26.3 Å². The maximum atomic E-state index is 5.66. The van der Waals surface area contributed by atoms with E-state index < -0.39 is 0 Å². The number of piperazine rings is 1. The molecule has 10 heavy (non-hydrogen) atoms. The first-order chi connectivity index (χ1) is 4.84. The Morgan fingerprint density at radius 1 is 1.30 bits per heavy atom. The second-order valence-electron chi connectivity index (χ2n) is 3.05. The Labute approximate surface area is 60.3 Å². The molecule has 2 aliphatic heterocycles. The standard InChI is InChI=1S/C6H13N3O/c7-9-1-5-3-10-4-6(2-9)8-5/h5-6,8H,1-4,7H2. The molecular weight excluding hydrogens is 130 g/mol. The Balaban J connectivity index is 1.98. The molecule has 2 heterocycles. The van der Waals surface area contributed by atoms with Gasteiger partial charge < -0.3 is 10.1 Å². The Kier molecular flexibility index (Phi) is 1.61. The molecule has 0 aromatic carbocycles. The van der Waals surface area contributed by atoms with Gasteiger partial charge in [0.1, 0.15) is 0 Å². The van der Waals surface area contributed by atoms with E-state index in [0.717, 1.165) is 26.3 Å². The van der Waals surface area contributed by atoms with Gasteiger partial charge >= 0.3 is 0 Å². The summed E-state index contributed by atoms with van der Waals surface area (Å²) in [5.41, 5.74) is 0. The van der Waals surface area contributed by atoms with Crippen molar-refractivity contribution in [1.82, 2.24) is 10.3 Å². The van der Waals surface area contributed by atoms with Crippen molar-refractivity contribution in [2.45, 2.75) is 12.1 Å². The molecule has 0 aromatic rings. The number of hydrogen-bond acceptors (Lipinski definition) is 4. The van der Waals surface area contributed by atoms with Gasteiger partial charge in [0.25, 0.3) is 0 Å². The van der Waals surface area contributed by atoms with Crippen molar-refractivity contribution in [3.8, 4) is 0 Å². The molecule has 0 saturated carbocycles. The Morgan fingerprint density at radius 3 is 2.50 bits per heavy atom. The Morgan fingerprint density at radius 2 is 1.90 bits per heavy atom. The van der Waals surface area contributed by atoms with Gasteiger partial charge in [-0.25, -0.2) is 5.01 Å². The molecule has 2 saturated heterocycles. The maximum absolute atomic E-state index is 5.66. The molecule has 2 bridgehead atoms. The zero-order chi connectivity index (χ0) is 6.97. The first-order valence-corrected chi connectivity index (χ1v) is 3.68. The number of ether oxygens (including phenoxy) is 1. The van der Waals surface area contributed by atoms with E-state index in [9.17, 15) is 0 Å². The fourth-order valence-electron chi connectivity index (χ4n) is 1.63. The van der Waals surface area contributed by atoms with E-state index in [4.69, 9.17) is 10.6 Å². The summed E-state index contributed by atoms with van der Waals surface area (Å²) in [6.07, 6.45) is 0. The SMILES string of the molecule is NN1CC2COCC(C1)N2. The van der Waals surface area contributed by atoms with Crippen LogP contribution in [0.2, 0.25) is 0 Å². The lowest BCUT2D eigenvalue weighted by atomic mass is 10.1. The highest BCUT2D eigenvalue weighted by Gasteiger charge is 2.28. The van der Waals surface area contributed by atoms with E-state index in [0.29, 0.717) is 12.1 Å². The number of nitrogens with zero attached hydrogens (tertiary/aromatic N) is 1. The molecule has 0 spiro atoms. The van der Waals surface area contributed by atoms with Crippen LogP contribution in [0, 0.1) is 0 Å². The maximum Gasteiger partial charge on any atom is 0.0633 e. The number of hydrazine groups is 1. The van der Waals surface area contributed by atoms with E-state index in [1.807, 2.05) is 5.01 Å². The average Bonchev–Trinajstić information content (AvgIpc) is 1.85. The van der Waals surface area contributed by atoms with Gasteiger partial charge in [-0.3, -0.25) is 5.84 Å². The van der Waals surface area contributed by atoms with Crippen LogP contribution in [0.3, 0.4) is 0 Å². The number of fused-ring (bicyclic) bond motifs is 2. The van der Waals surface area contributed by atoms with Crippen molar-refractivity contribution in [3.63, 3.8) is 0 Å². The van der Waals surface area contributed by atoms with Gasteiger partial charge in [-0.1, -0.05) is 0 Å². The van der Waals surface area contributed by atoms with Crippen LogP contribution in [-0.4, -0.2) is 43.4 Å². The van der Waals surface area contributed by atoms with Gasteiger partial charge in [0.15, 0.2) is 0 Å². The lowest BCUT2D eigenvalue weighted by molar-refractivity contribution is -0.00673. The van der Waals surface area contributed by atoms with Crippen LogP contribution < -0.4 is 11.2 Å². The third kappa shape index (κ3) is 1.15. The molecule has 2 atom stereocenters. The van der Waals surface area contributed by atoms with Crippen molar-refractivity contribution in [3.05, 3.63) is 0 Å². The van der Waals surface area contributed by atoms with E-state index in [1.165, 1.54) is 0 Å². The summed E-state index contributed by atoms with van der Waals surface area (Å²) in [5, 5.41) is 5.31. The van der Waals surface area contributed by atoms with E-state index in [-0.39, 0.29) is 0 Å². The summed E-state index contributed by atoms with van der Waals surface area (Å²) in [7, 11) is 0. The number of morpholine rings is 1. The highest BCUT2D eigenvalue weighted by atomic mass is 16.5. The van der Waals surface area contributed by atoms with E-state index in [1.54, 1.807) is 0 Å². The number of rotatable bonds is 0. The van der Waals surface area contributed by atoms with Crippen LogP contribution in [0.1, 0.15) is 0 Å². The van der Waals surface area contributed by atoms with Gasteiger partial charge in [0.2, 0.25) is 0 Å². The molecule has 2 unspecified atom stereocenters. The molecule has 0 radical (unpaired) electrons. The number of nitrogens with one attached hydrogen (secondary N) is 1. The largest absolute Gasteiger partial charge is 0.378 e. The number of nitrogens with two attached hydrogens (primary N) is 1. The second kappa shape index (κ2) is 2.47. The summed E-state index contributed by atoms with van der Waals surface area (Å²) in [6, 6.07) is 0.912. The van der Waals surface area contributed by atoms with Gasteiger partial charge in [0, 0.05) is 25.2 Å². The van der Waals surface area contributed by atoms with Crippen molar-refractivity contribution >= 4 is 0 Å². The Hall–Kier alpha value is -0.160. The molecule has 2 rings (SSSR count). The number of hydrogen-bond donors (Lipinski definition) is 2. The molecule has 2 aliphatic rings. The highest BCUT2D eigenvalue weighted by Crippen LogP contribution is 2.06. The van der Waals surface area contributed by atoms with Crippen LogP contribution in [-0.2, 0) is 4.74 Å². The van der Waals surface area contributed by atoms with Crippen LogP contribution >= 0.6 is 0 Å². The minimum Gasteiger partial charge on any atom is -0.378 e. The summed E-state index contributed by atoms with van der Waals surface area (Å²) in [6.45, 7) is 3.45. The molecule has 4 heteroatoms. The lowest BCUT2D eigenvalue weighted by Crippen LogP contribution is -2.64. The van der Waals surface area contributed by atoms with Gasteiger partial charge in [-0.05, 0) is 0 Å². The van der Waals surface area contributed by atoms with E-state index >= 15 is 0 Å². The molecule has 0 aromatic heterocycles. The molecule has 58 valence electrons. The first kappa shape index (κ1) is 6.54. The summed E-state index contributed by atoms with van der Waals surface area (Å²) < 4.78 is 5.34. The normalized spacial score (nSPS) is 41.7. The fourth-order valence-corrected chi connectivity index (χ4v) is 1.63. The zero-order valence-electron chi connectivity index (χ0n) is 5.92. The minimum atomic E-state index is 0.456. The van der Waals surface area contributed by atoms with Gasteiger partial charge in [-0.15, -0.1) is 0 Å². The van der Waals surface area contributed by atoms with Gasteiger partial charge in [0.05, 0.1) is 13.2 Å². The smallest absolute Gasteiger partial charge is 0.0633 e. The van der Waals surface area contributed by atoms with Crippen LogP contribution in [0.5, 0.6) is 0 Å². The molecular formula is C6H13N3O. The fraction of sp³-hybridized carbons (Fsp3) is 1.00. The third-order valence-corrected chi connectivity index (χ3v) is 2.02. The molecule has 3 N–H and O–H groups in total. The van der Waals surface area contributed by atoms with E-state index in [2.05, 4.69) is 5.32 Å². The topological polar surface area (TPSA) is 50.5 Å². The Bertz CT molecular complexity index is 114. The lowest BCUT2D eigenvalue weighted by Gasteiger charge is -2.40. The van der Waals surface area contributed by atoms with Crippen molar-refractivity contribution < 1.29 is 4.74 Å².